The van der Waals surface area contributed by atoms with E-state index in [1.54, 1.807) is 30.3 Å². The van der Waals surface area contributed by atoms with E-state index in [9.17, 15) is 21.9 Å². The number of benzene rings is 10. The SMILES string of the molecule is [2H]c1c(-c2c([2H])c([2H])c([2H])c(-c3c([2H])c([2H])c([2H])c([2H])c3[2H])c2[2H])ccc(-c2c([2H])c([2H])c([2H])c3oc4c(-n5c6c([2H])c([2H])c([2H])c([2H])c6c6c([2H])c(-c7c([2H])c([2H])c8c9c([2H])c([2H])c([2H])c([2H])c9n(-c9ccccc9)c8c7[2H])c([2H])c([2H])c65)c([2H])c([2H])c([2H])c4c23)c1[2H]. The van der Waals surface area contributed by atoms with Crippen LogP contribution in [-0.4, -0.2) is 9.13 Å². The third-order valence-corrected chi connectivity index (χ3v) is 10.6. The van der Waals surface area contributed by atoms with E-state index in [4.69, 9.17) is 25.0 Å². The Morgan fingerprint density at radius 3 is 1.79 bits per heavy atom. The maximum atomic E-state index is 10.1. The zero-order valence-corrected chi connectivity index (χ0v) is 31.8. The van der Waals surface area contributed by atoms with Gasteiger partial charge < -0.3 is 13.6 Å². The minimum atomic E-state index is -0.975. The van der Waals surface area contributed by atoms with E-state index in [1.165, 1.54) is 4.57 Å². The van der Waals surface area contributed by atoms with E-state index >= 15 is 0 Å². The lowest BCUT2D eigenvalue weighted by Gasteiger charge is -2.10. The predicted molar refractivity (Wildman–Crippen MR) is 264 cm³/mol. The van der Waals surface area contributed by atoms with Crippen LogP contribution in [0, 0.1) is 0 Å². The van der Waals surface area contributed by atoms with Gasteiger partial charge in [-0.2, -0.15) is 0 Å². The first kappa shape index (κ1) is 16.5. The van der Waals surface area contributed by atoms with E-state index < -0.39 is 281 Å². The lowest BCUT2D eigenvalue weighted by molar-refractivity contribution is 0.666. The fourth-order valence-corrected chi connectivity index (χ4v) is 7.82. The van der Waals surface area contributed by atoms with Crippen LogP contribution in [0.1, 0.15) is 42.5 Å². The Kier molecular flexibility index (Phi) is 3.68. The summed E-state index contributed by atoms with van der Waals surface area (Å²) < 4.78 is 291. The lowest BCUT2D eigenvalue weighted by Crippen LogP contribution is -1.94. The Balaban J connectivity index is 1.12. The average molecular weight is 834 g/mol. The van der Waals surface area contributed by atoms with Gasteiger partial charge in [0, 0.05) is 38.0 Å². The third-order valence-electron chi connectivity index (χ3n) is 10.6. The van der Waals surface area contributed by atoms with Crippen LogP contribution in [0.3, 0.4) is 0 Å². The first-order valence-corrected chi connectivity index (χ1v) is 19.1. The molecule has 0 amide bonds. The molecule has 3 heterocycles. The van der Waals surface area contributed by atoms with Gasteiger partial charge in [0.05, 0.1) is 70.2 Å². The van der Waals surface area contributed by atoms with Gasteiger partial charge in [0.1, 0.15) is 5.58 Å². The Morgan fingerprint density at radius 1 is 0.349 bits per heavy atom. The molecule has 0 aliphatic rings. The zero-order valence-electron chi connectivity index (χ0n) is 62.8. The molecule has 0 unspecified atom stereocenters. The maximum Gasteiger partial charge on any atom is 0.159 e. The minimum Gasteiger partial charge on any atom is -0.454 e. The van der Waals surface area contributed by atoms with Crippen LogP contribution in [0.4, 0.5) is 0 Å². The highest BCUT2D eigenvalue weighted by molar-refractivity contribution is 6.17. The Hall–Kier alpha value is -8.40. The monoisotopic (exact) mass is 833 g/mol. The predicted octanol–water partition coefficient (Wildman–Crippen LogP) is 16.4. The fraction of sp³-hybridized carbons (Fsp3) is 0. The number of para-hydroxylation sites is 4. The van der Waals surface area contributed by atoms with Crippen LogP contribution in [0.5, 0.6) is 0 Å². The van der Waals surface area contributed by atoms with Crippen LogP contribution >= 0.6 is 0 Å². The molecule has 0 aliphatic heterocycles. The topological polar surface area (TPSA) is 23.0 Å². The van der Waals surface area contributed by atoms with Gasteiger partial charge in [-0.15, -0.1) is 0 Å². The first-order valence-electron chi connectivity index (χ1n) is 34.6. The molecule has 0 fully saturated rings. The summed E-state index contributed by atoms with van der Waals surface area (Å²) in [5.74, 6) is 0. The Bertz CT molecular complexity index is 5720. The highest BCUT2D eigenvalue weighted by atomic mass is 16.3. The van der Waals surface area contributed by atoms with E-state index in [1.807, 2.05) is 0 Å². The van der Waals surface area contributed by atoms with Crippen molar-refractivity contribution in [1.29, 1.82) is 0 Å². The molecule has 63 heavy (non-hydrogen) atoms. The molecular formula is C60H38N2O. The third kappa shape index (κ3) is 5.60. The smallest absolute Gasteiger partial charge is 0.159 e. The van der Waals surface area contributed by atoms with Crippen molar-refractivity contribution >= 4 is 65.6 Å². The Labute approximate surface area is 407 Å². The van der Waals surface area contributed by atoms with Gasteiger partial charge in [0.15, 0.2) is 5.58 Å². The number of rotatable bonds is 6. The van der Waals surface area contributed by atoms with Crippen molar-refractivity contribution in [2.24, 2.45) is 0 Å². The number of nitrogens with zero attached hydrogens (tertiary/aromatic N) is 2. The summed E-state index contributed by atoms with van der Waals surface area (Å²) in [4.78, 5) is 0. The maximum absolute atomic E-state index is 10.1. The van der Waals surface area contributed by atoms with Crippen LogP contribution in [-0.2, 0) is 0 Å². The van der Waals surface area contributed by atoms with Gasteiger partial charge >= 0.3 is 0 Å². The second kappa shape index (κ2) is 14.1. The van der Waals surface area contributed by atoms with Crippen molar-refractivity contribution in [2.45, 2.75) is 0 Å². The molecule has 0 bridgehead atoms. The van der Waals surface area contributed by atoms with E-state index in [2.05, 4.69) is 0 Å². The molecule has 0 atom stereocenters. The van der Waals surface area contributed by atoms with Crippen molar-refractivity contribution in [3.63, 3.8) is 0 Å². The van der Waals surface area contributed by atoms with Crippen LogP contribution in [0.2, 0.25) is 0 Å². The highest BCUT2D eigenvalue weighted by Gasteiger charge is 2.20. The molecular weight excluding hydrogens is 765 g/mol. The number of hydrogen-bond donors (Lipinski definition) is 0. The van der Waals surface area contributed by atoms with Crippen molar-refractivity contribution in [1.82, 2.24) is 9.13 Å². The first-order chi connectivity index (χ1) is 44.2. The summed E-state index contributed by atoms with van der Waals surface area (Å²) in [5, 5.41) is -2.66. The highest BCUT2D eigenvalue weighted by Crippen LogP contribution is 2.43. The zero-order chi connectivity index (χ0) is 68.4. The van der Waals surface area contributed by atoms with Crippen molar-refractivity contribution in [3.8, 4) is 55.9 Å². The molecule has 3 nitrogen and oxygen atoms in total. The van der Waals surface area contributed by atoms with Gasteiger partial charge in [-0.25, -0.2) is 0 Å². The summed E-state index contributed by atoms with van der Waals surface area (Å²) >= 11 is 0. The van der Waals surface area contributed by atoms with Crippen molar-refractivity contribution in [2.75, 3.05) is 0 Å². The van der Waals surface area contributed by atoms with E-state index in [0.717, 1.165) is 16.7 Å². The number of furan rings is 1. The molecule has 13 aromatic rings. The summed E-state index contributed by atoms with van der Waals surface area (Å²) in [7, 11) is 0. The molecule has 294 valence electrons. The molecule has 3 aromatic heterocycles. The van der Waals surface area contributed by atoms with E-state index in [0.29, 0.717) is 0 Å². The van der Waals surface area contributed by atoms with Crippen molar-refractivity contribution in [3.05, 3.63) is 230 Å². The van der Waals surface area contributed by atoms with Gasteiger partial charge in [0.25, 0.3) is 0 Å². The van der Waals surface area contributed by atoms with Crippen LogP contribution in [0.25, 0.3) is 121 Å². The second-order valence-electron chi connectivity index (χ2n) is 14.0. The largest absolute Gasteiger partial charge is 0.454 e. The molecule has 0 saturated carbocycles. The second-order valence-corrected chi connectivity index (χ2v) is 14.0. The van der Waals surface area contributed by atoms with Crippen LogP contribution < -0.4 is 0 Å². The summed E-state index contributed by atoms with van der Waals surface area (Å²) in [6.07, 6.45) is 0. The molecule has 0 radical (unpaired) electrons. The van der Waals surface area contributed by atoms with Gasteiger partial charge in [-0.05, 0) is 105 Å². The molecule has 0 N–H and O–H groups in total. The molecule has 10 aromatic carbocycles. The molecule has 0 spiro atoms. The summed E-state index contributed by atoms with van der Waals surface area (Å²) in [6.45, 7) is 0. The molecule has 0 saturated heterocycles. The van der Waals surface area contributed by atoms with Crippen molar-refractivity contribution < 1.29 is 46.9 Å². The van der Waals surface area contributed by atoms with Gasteiger partial charge in [-0.3, -0.25) is 0 Å². The number of aromatic nitrogens is 2. The number of fused-ring (bicyclic) bond motifs is 9. The standard InChI is InChI=1S/C60H38N2O/c1-3-14-39(15-4-1)42-16-11-17-43(36-42)40-28-30-41(31-29-40)47-22-13-27-58-59(47)51-23-12-26-56(60(51)63-58)62-54-25-10-8-21-49(54)52-37-44(33-35-55(52)62)45-32-34-50-48-20-7-9-24-53(48)61(57(50)38-45)46-18-5-2-6-19-46/h1-38H/i1D,3D,4D,7D,8D,9D,10D,11D,12D,13D,14D,15D,16D,17D,20D,21D,22D,23D,24D,25D,26D,27D,28D,30D,32D,33D,34D,35D,36D,37D,38D. The molecule has 13 rings (SSSR count). The van der Waals surface area contributed by atoms with Gasteiger partial charge in [-0.1, -0.05) is 169 Å². The number of hydrogen-bond acceptors (Lipinski definition) is 1. The molecule has 3 heteroatoms. The minimum absolute atomic E-state index is 0.187. The van der Waals surface area contributed by atoms with Crippen LogP contribution in [0.15, 0.2) is 234 Å². The van der Waals surface area contributed by atoms with E-state index in [-0.39, 0.29) is 27.5 Å². The van der Waals surface area contributed by atoms with Gasteiger partial charge in [0.2, 0.25) is 0 Å². The summed E-state index contributed by atoms with van der Waals surface area (Å²) in [5.41, 5.74) is -8.23. The fourth-order valence-electron chi connectivity index (χ4n) is 7.82. The Morgan fingerprint density at radius 2 is 0.937 bits per heavy atom. The normalized spacial score (nSPS) is 18.7. The molecule has 0 aliphatic carbocycles. The quantitative estimate of drug-likeness (QED) is 0.164. The lowest BCUT2D eigenvalue weighted by atomic mass is 9.95. The average Bonchev–Trinajstić information content (AvgIpc) is 1.52. The summed E-state index contributed by atoms with van der Waals surface area (Å²) in [6, 6.07) is -15.8.